The lowest BCUT2D eigenvalue weighted by molar-refractivity contribution is 0.681. The molecule has 0 aromatic heterocycles. The fourth-order valence-corrected chi connectivity index (χ4v) is 5.01. The Kier molecular flexibility index (Phi) is 9.13. The molecule has 76 valence electrons. The van der Waals surface area contributed by atoms with E-state index in [1.54, 1.807) is 27.7 Å². The molecule has 0 aliphatic carbocycles. The Balaban J connectivity index is 3.86. The van der Waals surface area contributed by atoms with Gasteiger partial charge >= 0.3 is 0 Å². The average Bonchev–Trinajstić information content (AvgIpc) is 2.13. The van der Waals surface area contributed by atoms with Crippen molar-refractivity contribution < 1.29 is 4.21 Å². The molecule has 4 heteroatoms. The molecule has 1 nitrogen and oxygen atoms in total. The highest BCUT2D eigenvalue weighted by Crippen LogP contribution is 2.31. The molecule has 0 aliphatic rings. The van der Waals surface area contributed by atoms with Crippen molar-refractivity contribution in [2.24, 2.45) is 0 Å². The molecule has 0 aliphatic heterocycles. The quantitative estimate of drug-likeness (QED) is 0.497. The van der Waals surface area contributed by atoms with Gasteiger partial charge in [0.05, 0.1) is 4.58 Å². The van der Waals surface area contributed by atoms with Crippen molar-refractivity contribution in [2.75, 3.05) is 5.75 Å². The number of hydrogen-bond donors (Lipinski definition) is 0. The molecule has 0 amide bonds. The van der Waals surface area contributed by atoms with Gasteiger partial charge < -0.3 is 0 Å². The molecule has 0 saturated carbocycles. The summed E-state index contributed by atoms with van der Waals surface area (Å²) in [5.74, 6) is 0.599. The van der Waals surface area contributed by atoms with Crippen LogP contribution in [0.5, 0.6) is 0 Å². The Bertz CT molecular complexity index is 189. The SMILES string of the molecule is C=CCS(=O)C(CC)SS/C=C/C. The smallest absolute Gasteiger partial charge is 0.0908 e. The Hall–Kier alpha value is 0.330. The highest BCUT2D eigenvalue weighted by Gasteiger charge is 2.13. The van der Waals surface area contributed by atoms with Gasteiger partial charge in [-0.3, -0.25) is 4.21 Å². The maximum absolute atomic E-state index is 11.6. The molecule has 0 rings (SSSR count). The third kappa shape index (κ3) is 6.41. The van der Waals surface area contributed by atoms with E-state index in [9.17, 15) is 4.21 Å². The van der Waals surface area contributed by atoms with E-state index in [1.165, 1.54) is 0 Å². The van der Waals surface area contributed by atoms with Crippen molar-refractivity contribution >= 4 is 32.4 Å². The van der Waals surface area contributed by atoms with Crippen LogP contribution in [0.3, 0.4) is 0 Å². The first kappa shape index (κ1) is 13.3. The first-order valence-electron chi connectivity index (χ1n) is 4.17. The summed E-state index contributed by atoms with van der Waals surface area (Å²) in [6, 6.07) is 0. The fourth-order valence-electron chi connectivity index (χ4n) is 0.671. The van der Waals surface area contributed by atoms with Crippen LogP contribution in [0, 0.1) is 0 Å². The summed E-state index contributed by atoms with van der Waals surface area (Å²) in [6.07, 6.45) is 4.65. The highest BCUT2D eigenvalue weighted by molar-refractivity contribution is 8.79. The standard InChI is InChI=1S/C9H16OS3/c1-4-7-11-12-9(6-3)13(10)8-5-2/h4-5,7,9H,2,6,8H2,1,3H3/b7-4+. The molecule has 2 unspecified atom stereocenters. The van der Waals surface area contributed by atoms with Crippen molar-refractivity contribution in [3.8, 4) is 0 Å². The van der Waals surface area contributed by atoms with E-state index < -0.39 is 10.8 Å². The molecule has 2 atom stereocenters. The molecule has 0 aromatic carbocycles. The highest BCUT2D eigenvalue weighted by atomic mass is 33.1. The number of rotatable bonds is 7. The molecule has 0 bridgehead atoms. The normalized spacial score (nSPS) is 15.8. The van der Waals surface area contributed by atoms with E-state index in [0.717, 1.165) is 6.42 Å². The second-order valence-electron chi connectivity index (χ2n) is 2.34. The molecule has 0 aromatic rings. The van der Waals surface area contributed by atoms with E-state index in [4.69, 9.17) is 0 Å². The first-order valence-corrected chi connectivity index (χ1v) is 7.83. The second kappa shape index (κ2) is 8.91. The maximum atomic E-state index is 11.6. The van der Waals surface area contributed by atoms with Gasteiger partial charge in [-0.1, -0.05) is 40.7 Å². The monoisotopic (exact) mass is 236 g/mol. The molecule has 0 heterocycles. The lowest BCUT2D eigenvalue weighted by atomic mass is 10.6. The molecule has 0 radical (unpaired) electrons. The summed E-state index contributed by atoms with van der Waals surface area (Å²) < 4.78 is 11.8. The van der Waals surface area contributed by atoms with Crippen molar-refractivity contribution in [1.82, 2.24) is 0 Å². The zero-order chi connectivity index (χ0) is 10.1. The molecular weight excluding hydrogens is 220 g/mol. The van der Waals surface area contributed by atoms with E-state index >= 15 is 0 Å². The predicted molar refractivity (Wildman–Crippen MR) is 67.3 cm³/mol. The zero-order valence-electron chi connectivity index (χ0n) is 8.06. The van der Waals surface area contributed by atoms with Crippen LogP contribution < -0.4 is 0 Å². The molecule has 0 fully saturated rings. The van der Waals surface area contributed by atoms with Crippen LogP contribution >= 0.6 is 21.6 Å². The zero-order valence-corrected chi connectivity index (χ0v) is 10.5. The Morgan fingerprint density at radius 1 is 1.62 bits per heavy atom. The van der Waals surface area contributed by atoms with Crippen molar-refractivity contribution in [2.45, 2.75) is 24.9 Å². The number of allylic oxidation sites excluding steroid dienone is 1. The van der Waals surface area contributed by atoms with Gasteiger partial charge in [-0.05, 0) is 18.8 Å². The Morgan fingerprint density at radius 2 is 2.31 bits per heavy atom. The third-order valence-corrected chi connectivity index (χ3v) is 6.45. The summed E-state index contributed by atoms with van der Waals surface area (Å²) in [4.78, 5) is 0. The summed E-state index contributed by atoms with van der Waals surface area (Å²) in [7, 11) is 2.55. The maximum Gasteiger partial charge on any atom is 0.0908 e. The van der Waals surface area contributed by atoms with E-state index in [2.05, 4.69) is 13.5 Å². The molecule has 0 N–H and O–H groups in total. The van der Waals surface area contributed by atoms with E-state index in [1.807, 2.05) is 18.4 Å². The van der Waals surface area contributed by atoms with Crippen LogP contribution in [0.2, 0.25) is 0 Å². The van der Waals surface area contributed by atoms with Crippen LogP contribution in [0.25, 0.3) is 0 Å². The summed E-state index contributed by atoms with van der Waals surface area (Å²) in [5, 5.41) is 2.01. The van der Waals surface area contributed by atoms with E-state index in [0.29, 0.717) is 5.75 Å². The predicted octanol–water partition coefficient (Wildman–Crippen LogP) is 3.57. The van der Waals surface area contributed by atoms with Gasteiger partial charge in [-0.2, -0.15) is 0 Å². The van der Waals surface area contributed by atoms with Crippen molar-refractivity contribution in [3.05, 3.63) is 24.1 Å². The minimum atomic E-state index is -0.771. The Labute approximate surface area is 91.3 Å². The average molecular weight is 236 g/mol. The van der Waals surface area contributed by atoms with Gasteiger partial charge in [0.25, 0.3) is 0 Å². The topological polar surface area (TPSA) is 17.1 Å². The van der Waals surface area contributed by atoms with Crippen LogP contribution in [0.1, 0.15) is 20.3 Å². The second-order valence-corrected chi connectivity index (χ2v) is 6.68. The van der Waals surface area contributed by atoms with Gasteiger partial charge in [0.2, 0.25) is 0 Å². The van der Waals surface area contributed by atoms with Gasteiger partial charge in [-0.15, -0.1) is 6.58 Å². The lowest BCUT2D eigenvalue weighted by Gasteiger charge is -2.10. The minimum Gasteiger partial charge on any atom is -0.258 e. The van der Waals surface area contributed by atoms with Crippen LogP contribution in [-0.4, -0.2) is 14.5 Å². The Morgan fingerprint density at radius 3 is 2.77 bits per heavy atom. The molecular formula is C9H16OS3. The first-order chi connectivity index (χ1) is 6.26. The molecule has 0 spiro atoms. The van der Waals surface area contributed by atoms with E-state index in [-0.39, 0.29) is 4.58 Å². The van der Waals surface area contributed by atoms with Gasteiger partial charge in [0.1, 0.15) is 0 Å². The van der Waals surface area contributed by atoms with Crippen molar-refractivity contribution in [3.63, 3.8) is 0 Å². The van der Waals surface area contributed by atoms with Crippen LogP contribution in [0.4, 0.5) is 0 Å². The largest absolute Gasteiger partial charge is 0.258 e. The van der Waals surface area contributed by atoms with Gasteiger partial charge in [-0.25, -0.2) is 0 Å². The van der Waals surface area contributed by atoms with Crippen molar-refractivity contribution in [1.29, 1.82) is 0 Å². The van der Waals surface area contributed by atoms with Crippen LogP contribution in [-0.2, 0) is 10.8 Å². The number of hydrogen-bond acceptors (Lipinski definition) is 3. The third-order valence-electron chi connectivity index (χ3n) is 1.26. The summed E-state index contributed by atoms with van der Waals surface area (Å²) >= 11 is 0. The molecule has 0 saturated heterocycles. The summed E-state index contributed by atoms with van der Waals surface area (Å²) in [5.41, 5.74) is 0. The lowest BCUT2D eigenvalue weighted by Crippen LogP contribution is -2.10. The minimum absolute atomic E-state index is 0.221. The fraction of sp³-hybridized carbons (Fsp3) is 0.556. The van der Waals surface area contributed by atoms with Gasteiger partial charge in [0, 0.05) is 16.6 Å². The van der Waals surface area contributed by atoms with Gasteiger partial charge in [0.15, 0.2) is 0 Å². The summed E-state index contributed by atoms with van der Waals surface area (Å²) in [6.45, 7) is 7.64. The van der Waals surface area contributed by atoms with Crippen LogP contribution in [0.15, 0.2) is 24.1 Å². The molecule has 13 heavy (non-hydrogen) atoms.